The van der Waals surface area contributed by atoms with Gasteiger partial charge in [0.05, 0.1) is 18.1 Å². The van der Waals surface area contributed by atoms with Gasteiger partial charge in [-0.1, -0.05) is 72.8 Å². The third kappa shape index (κ3) is 12.9. The maximum atomic E-state index is 14.6. The first kappa shape index (κ1) is 46.3. The summed E-state index contributed by atoms with van der Waals surface area (Å²) in [6, 6.07) is 3.45. The van der Waals surface area contributed by atoms with E-state index in [0.29, 0.717) is 41.6 Å². The van der Waals surface area contributed by atoms with Crippen LogP contribution in [0.3, 0.4) is 0 Å². The minimum atomic E-state index is -2.01. The van der Waals surface area contributed by atoms with E-state index in [1.165, 1.54) is 31.3 Å². The zero-order valence-corrected chi connectivity index (χ0v) is 31.5. The first-order chi connectivity index (χ1) is 23.2. The number of likely N-dealkylation sites (tertiary alicyclic amines) is 1. The Bertz CT molecular complexity index is 1450. The van der Waals surface area contributed by atoms with E-state index >= 15 is 0 Å². The molecule has 0 bridgehead atoms. The number of carbonyl (C=O) groups excluding carboxylic acids is 2. The number of carbonyl (C=O) groups is 2. The molecule has 1 aromatic carbocycles. The van der Waals surface area contributed by atoms with Crippen LogP contribution in [0.2, 0.25) is 0 Å². The van der Waals surface area contributed by atoms with Crippen LogP contribution in [-0.4, -0.2) is 70.2 Å². The number of carboxylic acid groups (broad SMARTS) is 1. The van der Waals surface area contributed by atoms with Gasteiger partial charge in [0.25, 0.3) is 5.56 Å². The number of aromatic nitrogens is 2. The summed E-state index contributed by atoms with van der Waals surface area (Å²) in [5, 5.41) is 11.1. The third-order valence-electron chi connectivity index (χ3n) is 9.08. The number of aromatic amines is 1. The minimum absolute atomic E-state index is 0. The van der Waals surface area contributed by atoms with Crippen LogP contribution in [0.15, 0.2) is 36.2 Å². The maximum Gasteiger partial charge on any atom is 0.405 e. The van der Waals surface area contributed by atoms with Gasteiger partial charge in [-0.15, -0.1) is 26.0 Å². The van der Waals surface area contributed by atoms with Crippen molar-refractivity contribution in [1.29, 1.82) is 0 Å². The number of nitrogens with zero attached hydrogens (tertiary/aromatic N) is 2. The topological polar surface area (TPSA) is 142 Å². The van der Waals surface area contributed by atoms with Crippen molar-refractivity contribution in [3.8, 4) is 18.6 Å². The molecule has 2 heterocycles. The van der Waals surface area contributed by atoms with E-state index in [-0.39, 0.29) is 42.5 Å². The molecule has 2 aliphatic rings. The van der Waals surface area contributed by atoms with Crippen LogP contribution < -0.4 is 15.6 Å². The van der Waals surface area contributed by atoms with Crippen molar-refractivity contribution in [2.45, 2.75) is 104 Å². The second kappa shape index (κ2) is 22.2. The standard InChI is InChI=1S/C20H26F2N2O2.C13H21N2O4.C2H4.C2H2.V/c1-12-5-3-6-13(12)7-4-8-15(21)18(22)19-20(25)24-17-11-14(26-2)9-10-16(17)23-19;1-8-5-6-15(9(8)7-16)11(17)10(13(2,3)4)14-12(18)19;2*1-2;/h9-13,15,18H,3-8H2,1-2H3,(H,24,25);8-10,14H,5-6H2,1-4H3,(H,18,19);1-2H2;1-2H;/q;-1;;;/t12-,13-,15?,18?;8-,9-,10-;;;/m01.../s1. The fraction of sp³-hybridized carbons (Fsp3) is 0.595. The molecule has 2 fully saturated rings. The first-order valence-electron chi connectivity index (χ1n) is 16.5. The van der Waals surface area contributed by atoms with E-state index in [2.05, 4.69) is 48.2 Å². The van der Waals surface area contributed by atoms with Gasteiger partial charge in [0.2, 0.25) is 5.91 Å². The van der Waals surface area contributed by atoms with Crippen molar-refractivity contribution in [3.63, 3.8) is 0 Å². The number of methoxy groups -OCH3 is 1. The molecule has 3 N–H and O–H groups in total. The van der Waals surface area contributed by atoms with E-state index in [1.807, 2.05) is 13.2 Å². The van der Waals surface area contributed by atoms with Crippen molar-refractivity contribution >= 4 is 29.3 Å². The molecule has 0 spiro atoms. The second-order valence-corrected chi connectivity index (χ2v) is 13.5. The van der Waals surface area contributed by atoms with Gasteiger partial charge in [-0.2, -0.15) is 0 Å². The molecule has 1 aliphatic carbocycles. The van der Waals surface area contributed by atoms with Gasteiger partial charge >= 0.3 is 6.09 Å². The van der Waals surface area contributed by atoms with Crippen molar-refractivity contribution in [1.82, 2.24) is 20.2 Å². The predicted octanol–water partition coefficient (Wildman–Crippen LogP) is 6.95. The summed E-state index contributed by atoms with van der Waals surface area (Å²) in [7, 11) is 1.51. The van der Waals surface area contributed by atoms with Crippen LogP contribution in [0.1, 0.15) is 91.4 Å². The molecular weight excluding hydrogens is 685 g/mol. The Morgan fingerprint density at radius 3 is 2.34 bits per heavy atom. The van der Waals surface area contributed by atoms with Crippen molar-refractivity contribution in [2.75, 3.05) is 13.7 Å². The molecule has 2 aromatic rings. The molecular formula is C37H53F2N4O6V-. The number of ether oxygens (including phenoxy) is 1. The molecule has 277 valence electrons. The molecule has 7 atom stereocenters. The monoisotopic (exact) mass is 738 g/mol. The van der Waals surface area contributed by atoms with Crippen molar-refractivity contribution in [2.24, 2.45) is 23.2 Å². The number of rotatable bonds is 10. The van der Waals surface area contributed by atoms with Crippen molar-refractivity contribution in [3.05, 3.63) is 47.4 Å². The molecule has 10 nitrogen and oxygen atoms in total. The Kier molecular flexibility index (Phi) is 20.6. The number of halogens is 2. The largest absolute Gasteiger partial charge is 0.540 e. The normalized spacial score (nSPS) is 21.3. The Morgan fingerprint density at radius 2 is 1.82 bits per heavy atom. The summed E-state index contributed by atoms with van der Waals surface area (Å²) in [6.07, 6.45) is 11.0. The molecule has 2 amide bonds. The van der Waals surface area contributed by atoms with E-state index in [0.717, 1.165) is 12.8 Å². The van der Waals surface area contributed by atoms with Gasteiger partial charge in [0, 0.05) is 31.2 Å². The number of hydrogen-bond donors (Lipinski definition) is 3. The Labute approximate surface area is 307 Å². The van der Waals surface area contributed by atoms with E-state index in [1.54, 1.807) is 39.0 Å². The number of amides is 2. The van der Waals surface area contributed by atoms with E-state index < -0.39 is 41.5 Å². The molecule has 1 saturated heterocycles. The number of fused-ring (bicyclic) bond motifs is 1. The maximum absolute atomic E-state index is 14.6. The smallest absolute Gasteiger partial charge is 0.405 e. The van der Waals surface area contributed by atoms with Gasteiger partial charge in [0.15, 0.2) is 6.17 Å². The van der Waals surface area contributed by atoms with Crippen LogP contribution in [0.5, 0.6) is 5.75 Å². The van der Waals surface area contributed by atoms with Gasteiger partial charge in [-0.05, 0) is 48.1 Å². The Morgan fingerprint density at radius 1 is 1.18 bits per heavy atom. The van der Waals surface area contributed by atoms with Gasteiger partial charge in [0.1, 0.15) is 23.7 Å². The molecule has 1 aliphatic heterocycles. The zero-order chi connectivity index (χ0) is 37.5. The summed E-state index contributed by atoms with van der Waals surface area (Å²) in [5.74, 6) is 1.57. The van der Waals surface area contributed by atoms with E-state index in [4.69, 9.17) is 9.84 Å². The molecule has 4 rings (SSSR count). The Balaban J connectivity index is 0.000000892. The summed E-state index contributed by atoms with van der Waals surface area (Å²) in [4.78, 5) is 54.5. The van der Waals surface area contributed by atoms with Gasteiger partial charge in [-0.3, -0.25) is 9.59 Å². The molecule has 2 unspecified atom stereocenters. The Hall–Kier alpha value is -3.69. The van der Waals surface area contributed by atoms with Crippen LogP contribution in [0.4, 0.5) is 13.6 Å². The number of terminal acetylenes is 1. The summed E-state index contributed by atoms with van der Waals surface area (Å²) < 4.78 is 34.0. The molecule has 1 saturated carbocycles. The first-order valence-corrected chi connectivity index (χ1v) is 16.5. The SMILES string of the molecule is C#C.C=C.COc1ccc2nc(C(F)C(F)CCC[C@@H]3CCC[C@@H]3C)c(=O)[nH]c2c1.C[C@@H]1CCN(C(=O)[C@@H](NC(=O)O)C(C)(C)C)[C@@H]1[C-]=O.[V]. The number of nitrogens with one attached hydrogen (secondary N) is 2. The van der Waals surface area contributed by atoms with Crippen molar-refractivity contribution < 1.29 is 51.6 Å². The zero-order valence-electron chi connectivity index (χ0n) is 30.1. The average Bonchev–Trinajstić information content (AvgIpc) is 3.67. The second-order valence-electron chi connectivity index (χ2n) is 13.5. The van der Waals surface area contributed by atoms with Crippen LogP contribution in [0, 0.1) is 36.0 Å². The third-order valence-corrected chi connectivity index (χ3v) is 9.08. The molecule has 1 aromatic heterocycles. The fourth-order valence-corrected chi connectivity index (χ4v) is 6.25. The summed E-state index contributed by atoms with van der Waals surface area (Å²) >= 11 is 0. The minimum Gasteiger partial charge on any atom is -0.540 e. The molecule has 1 radical (unpaired) electrons. The van der Waals surface area contributed by atoms with Gasteiger partial charge < -0.3 is 29.8 Å². The fourth-order valence-electron chi connectivity index (χ4n) is 6.25. The number of benzene rings is 1. The van der Waals surface area contributed by atoms with Crippen LogP contribution >= 0.6 is 0 Å². The van der Waals surface area contributed by atoms with Crippen LogP contribution in [0.25, 0.3) is 11.0 Å². The molecule has 13 heteroatoms. The number of alkyl halides is 2. The van der Waals surface area contributed by atoms with Gasteiger partial charge in [-0.25, -0.2) is 24.8 Å². The quantitative estimate of drug-likeness (QED) is 0.136. The summed E-state index contributed by atoms with van der Waals surface area (Å²) in [6.45, 7) is 15.9. The molecule has 50 heavy (non-hydrogen) atoms. The summed E-state index contributed by atoms with van der Waals surface area (Å²) in [5.41, 5.74) is -0.782. The number of hydrogen-bond acceptors (Lipinski definition) is 6. The average molecular weight is 739 g/mol. The van der Waals surface area contributed by atoms with E-state index in [9.17, 15) is 28.0 Å². The van der Waals surface area contributed by atoms with Crippen LogP contribution in [-0.2, 0) is 28.1 Å². The number of H-pyrrole nitrogens is 1. The predicted molar refractivity (Wildman–Crippen MR) is 189 cm³/mol.